The number of hydrogen-bond acceptors (Lipinski definition) is 16. The fourth-order valence-electron chi connectivity index (χ4n) is 13.2. The first kappa shape index (κ1) is 102. The van der Waals surface area contributed by atoms with E-state index in [4.69, 9.17) is 15.2 Å². The van der Waals surface area contributed by atoms with Crippen molar-refractivity contribution in [3.05, 3.63) is 522 Å². The monoisotopic (exact) mass is 2490 g/mol. The number of aromatic carboxylic acids is 2. The van der Waals surface area contributed by atoms with Gasteiger partial charge in [0.2, 0.25) is 0 Å². The van der Waals surface area contributed by atoms with E-state index in [0.29, 0.717) is 0 Å². The zero-order valence-electron chi connectivity index (χ0n) is 72.8. The standard InChI is InChI=1S/C28H19N3.C17H11N.3C16H11N2.C15H11N3.C7H5NO4.2Ir.Pt.Re/c1-3-11-22(12-4-1)27-18-10-19-28(30-27)31(24-14-5-2-6-15-24)25-16-9-13-23(21-25)26-17-7-8-20-29-26;1-3-8-14(9-4-1)16-12-7-13-17(18-16)15-10-5-2-6-11-15;2*1-3-10-17-15(8-1)13-6-5-7-14(12-13)16-9-2-4-11-18-16;1-2-7-13(8-3-1)14-10-6-11-16(18-14)15-9-4-5-12-17-15;1-3-10-16-12(6-1)14-8-5-9-15(18-14)13-7-2-4-11-17-13;9-6(10)4-2-1-3-5(8-4)7(11)12;;;;/h1-11,13-20H;1-8,10,12-13H;2*1-11H;1-7,9-12H;1-11H;1-3H,(H,9,10)(H,11,12);;;;/q2*-2;3*-1;;;;+3;+2;. The van der Waals surface area contributed by atoms with Crippen LogP contribution < -0.4 is 4.90 Å². The second-order valence-corrected chi connectivity index (χ2v) is 28.5. The molecule has 0 unspecified atom stereocenters. The topological polar surface area (TPSA) is 245 Å². The molecule has 2 radical (unpaired) electrons. The number of hydrogen-bond donors (Lipinski definition) is 2. The van der Waals surface area contributed by atoms with Gasteiger partial charge in [0.25, 0.3) is 0 Å². The van der Waals surface area contributed by atoms with Crippen molar-refractivity contribution in [2.75, 3.05) is 4.90 Å². The Morgan fingerprint density at radius 1 is 0.219 bits per heavy atom. The van der Waals surface area contributed by atoms with Crippen LogP contribution in [0.2, 0.25) is 0 Å². The van der Waals surface area contributed by atoms with Gasteiger partial charge in [-0.15, -0.1) is 222 Å². The molecule has 670 valence electrons. The van der Waals surface area contributed by atoms with Crippen molar-refractivity contribution in [3.63, 3.8) is 0 Å². The first-order valence-electron chi connectivity index (χ1n) is 42.1. The van der Waals surface area contributed by atoms with Crippen LogP contribution in [0.5, 0.6) is 0 Å². The largest absolute Gasteiger partial charge is 3.00 e. The zero-order valence-corrected chi connectivity index (χ0v) is 82.6. The van der Waals surface area contributed by atoms with Gasteiger partial charge in [-0.05, 0) is 149 Å². The van der Waals surface area contributed by atoms with Crippen molar-refractivity contribution < 1.29 is 102 Å². The number of rotatable bonds is 17. The Balaban J connectivity index is 0.000000155. The first-order valence-corrected chi connectivity index (χ1v) is 42.1. The molecule has 0 amide bonds. The van der Waals surface area contributed by atoms with E-state index in [1.165, 1.54) is 18.2 Å². The SMILES string of the molecule is O=C(O)c1cccc(C(=O)O)n1.[Ir+3].[Ir].[Pt+2].[Re].[c-]1c(-c2ccccn2)cccc1-c1ccccn1.[c-]1c(-c2ccccn2)cccc1-c1ccccn1.[c-]1ccccc1-c1cccc(-c2[c-]cccc2)n1.[c-]1ccccc1-c1cccc(-c2ccccn2)n1.[c-]1ccccc1-c1cccc(N(c2[c-]c(-c3ccccn3)ccc2)c2ccccc2)n1.c1ccc(-c2cccc(-c3ccccn3)n2)nc1. The minimum absolute atomic E-state index is 0. The third kappa shape index (κ3) is 30.1. The summed E-state index contributed by atoms with van der Waals surface area (Å²) < 4.78 is 0. The summed E-state index contributed by atoms with van der Waals surface area (Å²) in [6, 6.07) is 157. The Labute approximate surface area is 850 Å². The molecule has 0 saturated carbocycles. The van der Waals surface area contributed by atoms with E-state index >= 15 is 0 Å². The smallest absolute Gasteiger partial charge is 0.477 e. The minimum Gasteiger partial charge on any atom is -0.477 e. The number of nitrogens with zero attached hydrogens (tertiary/aromatic N) is 14. The summed E-state index contributed by atoms with van der Waals surface area (Å²) in [7, 11) is 0. The Morgan fingerprint density at radius 3 is 0.752 bits per heavy atom. The molecule has 0 fully saturated rings. The first-order chi connectivity index (χ1) is 65.7. The van der Waals surface area contributed by atoms with E-state index in [1.807, 2.05) is 388 Å². The van der Waals surface area contributed by atoms with Crippen LogP contribution >= 0.6 is 0 Å². The summed E-state index contributed by atoms with van der Waals surface area (Å²) in [6.45, 7) is 0. The van der Waals surface area contributed by atoms with Crippen molar-refractivity contribution in [1.82, 2.24) is 64.8 Å². The van der Waals surface area contributed by atoms with Gasteiger partial charge in [0.15, 0.2) is 0 Å². The summed E-state index contributed by atoms with van der Waals surface area (Å²) in [5, 5.41) is 16.9. The van der Waals surface area contributed by atoms with Gasteiger partial charge in [0.1, 0.15) is 17.2 Å². The summed E-state index contributed by atoms with van der Waals surface area (Å²) >= 11 is 0. The Morgan fingerprint density at radius 2 is 0.453 bits per heavy atom. The molecule has 0 bridgehead atoms. The Hall–Kier alpha value is -15.9. The number of carboxylic acid groups (broad SMARTS) is 2. The summed E-state index contributed by atoms with van der Waals surface area (Å²) in [5.41, 5.74) is 23.7. The van der Waals surface area contributed by atoms with Crippen LogP contribution in [-0.4, -0.2) is 86.9 Å². The molecule has 0 aliphatic rings. The van der Waals surface area contributed by atoms with Crippen molar-refractivity contribution in [2.24, 2.45) is 0 Å². The number of anilines is 3. The van der Waals surface area contributed by atoms with Gasteiger partial charge in [0.05, 0.1) is 34.2 Å². The summed E-state index contributed by atoms with van der Waals surface area (Å²) in [6.07, 6.45) is 14.3. The maximum absolute atomic E-state index is 10.3. The van der Waals surface area contributed by atoms with Gasteiger partial charge in [-0.25, -0.2) is 19.6 Å². The molecule has 0 atom stereocenters. The number of para-hydroxylation sites is 1. The maximum atomic E-state index is 10.3. The van der Waals surface area contributed by atoms with Gasteiger partial charge in [-0.2, -0.15) is 0 Å². The normalized spacial score (nSPS) is 9.93. The molecule has 0 spiro atoms. The van der Waals surface area contributed by atoms with Gasteiger partial charge in [0, 0.05) is 119 Å². The Kier molecular flexibility index (Phi) is 40.3. The number of aromatic nitrogens is 13. The number of carboxylic acids is 2. The van der Waals surface area contributed by atoms with Crippen LogP contribution in [0.25, 0.3) is 135 Å². The van der Waals surface area contributed by atoms with E-state index in [1.54, 1.807) is 49.6 Å². The van der Waals surface area contributed by atoms with Gasteiger partial charge in [-0.3, -0.25) is 44.9 Å². The van der Waals surface area contributed by atoms with Crippen LogP contribution in [-0.2, 0) is 81.7 Å². The maximum Gasteiger partial charge on any atom is 3.00 e. The van der Waals surface area contributed by atoms with Crippen LogP contribution in [0.4, 0.5) is 17.2 Å². The third-order valence-electron chi connectivity index (χ3n) is 19.4. The molecular weight excluding hydrogens is 2410 g/mol. The Bertz CT molecular complexity index is 6120. The van der Waals surface area contributed by atoms with E-state index in [0.717, 1.165) is 153 Å². The molecule has 2 N–H and O–H groups in total. The predicted octanol–water partition coefficient (Wildman–Crippen LogP) is 25.4. The fourth-order valence-corrected chi connectivity index (χ4v) is 13.2. The zero-order chi connectivity index (χ0) is 91.1. The second kappa shape index (κ2) is 54.3. The molecule has 137 heavy (non-hydrogen) atoms. The number of benzene rings is 8. The number of carbonyl (C=O) groups is 2. The van der Waals surface area contributed by atoms with Crippen LogP contribution in [0.1, 0.15) is 21.0 Å². The second-order valence-electron chi connectivity index (χ2n) is 28.5. The van der Waals surface area contributed by atoms with E-state index in [-0.39, 0.29) is 93.1 Å². The quantitative estimate of drug-likeness (QED) is 0.0805. The van der Waals surface area contributed by atoms with Gasteiger partial charge >= 0.3 is 53.1 Å². The molecule has 8 aromatic carbocycles. The van der Waals surface area contributed by atoms with Crippen LogP contribution in [0.3, 0.4) is 0 Å². The minimum atomic E-state index is -1.24. The van der Waals surface area contributed by atoms with Crippen molar-refractivity contribution in [3.8, 4) is 135 Å². The van der Waals surface area contributed by atoms with Gasteiger partial charge < -0.3 is 25.1 Å². The molecule has 22 heteroatoms. The van der Waals surface area contributed by atoms with Gasteiger partial charge in [-0.1, -0.05) is 174 Å². The molecular formula is C115H79Ir2N14O4PtRe-2. The molecule has 21 aromatic rings. The van der Waals surface area contributed by atoms with Crippen LogP contribution in [0.15, 0.2) is 468 Å². The average Bonchev–Trinajstić information content (AvgIpc) is 0.789. The molecule has 13 aromatic heterocycles. The molecule has 21 rings (SSSR count). The predicted molar refractivity (Wildman–Crippen MR) is 522 cm³/mol. The molecule has 18 nitrogen and oxygen atoms in total. The van der Waals surface area contributed by atoms with E-state index in [9.17, 15) is 9.59 Å². The third-order valence-corrected chi connectivity index (χ3v) is 19.4. The van der Waals surface area contributed by atoms with Crippen molar-refractivity contribution in [2.45, 2.75) is 0 Å². The number of pyridine rings is 13. The molecule has 0 saturated heterocycles. The fraction of sp³-hybridized carbons (Fsp3) is 0. The van der Waals surface area contributed by atoms with Crippen molar-refractivity contribution in [1.29, 1.82) is 0 Å². The van der Waals surface area contributed by atoms with Crippen molar-refractivity contribution >= 4 is 29.1 Å². The summed E-state index contributed by atoms with van der Waals surface area (Å²) in [4.78, 5) is 79.7. The van der Waals surface area contributed by atoms with E-state index in [2.05, 4.69) is 119 Å². The van der Waals surface area contributed by atoms with E-state index < -0.39 is 11.9 Å². The van der Waals surface area contributed by atoms with Crippen LogP contribution in [0, 0.1) is 42.5 Å². The molecule has 13 heterocycles. The molecule has 0 aliphatic carbocycles. The average molecular weight is 2490 g/mol. The molecule has 0 aliphatic heterocycles. The summed E-state index contributed by atoms with van der Waals surface area (Å²) in [5.74, 6) is -1.66.